The molecule has 0 spiro atoms. The number of carboxylic acid groups (broad SMARTS) is 1. The quantitative estimate of drug-likeness (QED) is 0.803. The van der Waals surface area contributed by atoms with E-state index >= 15 is 0 Å². The van der Waals surface area contributed by atoms with Crippen molar-refractivity contribution in [3.63, 3.8) is 0 Å². The van der Waals surface area contributed by atoms with E-state index in [0.29, 0.717) is 18.3 Å². The summed E-state index contributed by atoms with van der Waals surface area (Å²) in [4.78, 5) is 13.4. The fourth-order valence-electron chi connectivity index (χ4n) is 2.83. The SMILES string of the molecule is O=C(O)c1ccccc1OCCN1CCCC(CCO)C1. The Morgan fingerprint density at radius 2 is 2.19 bits per heavy atom. The number of nitrogens with zero attached hydrogens (tertiary/aromatic N) is 1. The van der Waals surface area contributed by atoms with Crippen LogP contribution in [0.2, 0.25) is 0 Å². The van der Waals surface area contributed by atoms with Crippen molar-refractivity contribution in [2.24, 2.45) is 5.92 Å². The monoisotopic (exact) mass is 293 g/mol. The van der Waals surface area contributed by atoms with Gasteiger partial charge in [0.25, 0.3) is 0 Å². The highest BCUT2D eigenvalue weighted by Crippen LogP contribution is 2.20. The van der Waals surface area contributed by atoms with Gasteiger partial charge in [0.15, 0.2) is 0 Å². The van der Waals surface area contributed by atoms with Crippen LogP contribution in [0.4, 0.5) is 0 Å². The molecule has 0 amide bonds. The molecule has 1 saturated heterocycles. The Labute approximate surface area is 125 Å². The maximum atomic E-state index is 11.1. The summed E-state index contributed by atoms with van der Waals surface area (Å²) in [6, 6.07) is 6.71. The summed E-state index contributed by atoms with van der Waals surface area (Å²) in [6.07, 6.45) is 3.19. The van der Waals surface area contributed by atoms with Gasteiger partial charge in [-0.25, -0.2) is 4.79 Å². The Morgan fingerprint density at radius 3 is 2.95 bits per heavy atom. The Hall–Kier alpha value is -1.59. The summed E-state index contributed by atoms with van der Waals surface area (Å²) in [5.74, 6) is 0.0237. The number of likely N-dealkylation sites (tertiary alicyclic amines) is 1. The first kappa shape index (κ1) is 15.8. The lowest BCUT2D eigenvalue weighted by Crippen LogP contribution is -2.38. The van der Waals surface area contributed by atoms with Crippen LogP contribution in [0, 0.1) is 5.92 Å². The molecule has 0 aliphatic carbocycles. The fourth-order valence-corrected chi connectivity index (χ4v) is 2.83. The van der Waals surface area contributed by atoms with Crippen LogP contribution in [-0.4, -0.2) is 53.9 Å². The lowest BCUT2D eigenvalue weighted by atomic mass is 9.95. The number of piperidine rings is 1. The van der Waals surface area contributed by atoms with Crippen molar-refractivity contribution in [1.29, 1.82) is 0 Å². The van der Waals surface area contributed by atoms with Gasteiger partial charge in [0, 0.05) is 19.7 Å². The van der Waals surface area contributed by atoms with E-state index in [1.807, 2.05) is 0 Å². The molecule has 1 heterocycles. The summed E-state index contributed by atoms with van der Waals surface area (Å²) in [5, 5.41) is 18.1. The molecule has 0 aromatic heterocycles. The molecule has 1 atom stereocenters. The molecule has 1 fully saturated rings. The van der Waals surface area contributed by atoms with Gasteiger partial charge in [-0.15, -0.1) is 0 Å². The minimum Gasteiger partial charge on any atom is -0.491 e. The van der Waals surface area contributed by atoms with Crippen molar-refractivity contribution < 1.29 is 19.7 Å². The van der Waals surface area contributed by atoms with Crippen LogP contribution in [0.1, 0.15) is 29.6 Å². The standard InChI is InChI=1S/C16H23NO4/c18-10-7-13-4-3-8-17(12-13)9-11-21-15-6-2-1-5-14(15)16(19)20/h1-2,5-6,13,18H,3-4,7-12H2,(H,19,20). The highest BCUT2D eigenvalue weighted by atomic mass is 16.5. The summed E-state index contributed by atoms with van der Waals surface area (Å²) in [5.41, 5.74) is 0.203. The van der Waals surface area contributed by atoms with Crippen molar-refractivity contribution in [2.45, 2.75) is 19.3 Å². The van der Waals surface area contributed by atoms with Gasteiger partial charge >= 0.3 is 5.97 Å². The van der Waals surface area contributed by atoms with E-state index in [1.165, 1.54) is 6.42 Å². The zero-order chi connectivity index (χ0) is 15.1. The third kappa shape index (κ3) is 4.72. The van der Waals surface area contributed by atoms with Crippen molar-refractivity contribution >= 4 is 5.97 Å². The van der Waals surface area contributed by atoms with Crippen LogP contribution in [-0.2, 0) is 0 Å². The minimum atomic E-state index is -0.966. The molecule has 1 aromatic rings. The molecule has 2 rings (SSSR count). The van der Waals surface area contributed by atoms with E-state index in [9.17, 15) is 4.79 Å². The molecule has 2 N–H and O–H groups in total. The Morgan fingerprint density at radius 1 is 1.38 bits per heavy atom. The molecular formula is C16H23NO4. The average molecular weight is 293 g/mol. The molecule has 5 heteroatoms. The van der Waals surface area contributed by atoms with E-state index in [-0.39, 0.29) is 12.2 Å². The third-order valence-corrected chi connectivity index (χ3v) is 3.92. The van der Waals surface area contributed by atoms with Gasteiger partial charge in [0.05, 0.1) is 0 Å². The van der Waals surface area contributed by atoms with E-state index < -0.39 is 5.97 Å². The Balaban J connectivity index is 1.80. The average Bonchev–Trinajstić information content (AvgIpc) is 2.48. The summed E-state index contributed by atoms with van der Waals surface area (Å²) >= 11 is 0. The van der Waals surface area contributed by atoms with Crippen molar-refractivity contribution in [2.75, 3.05) is 32.8 Å². The number of hydrogen-bond donors (Lipinski definition) is 2. The molecular weight excluding hydrogens is 270 g/mol. The predicted octanol–water partition coefficient (Wildman–Crippen LogP) is 1.86. The number of rotatable bonds is 7. The Kier molecular flexibility index (Phi) is 6.02. The lowest BCUT2D eigenvalue weighted by Gasteiger charge is -2.32. The summed E-state index contributed by atoms with van der Waals surface area (Å²) in [6.45, 7) is 3.56. The normalized spacial score (nSPS) is 19.4. The molecule has 1 aromatic carbocycles. The predicted molar refractivity (Wildman–Crippen MR) is 79.8 cm³/mol. The lowest BCUT2D eigenvalue weighted by molar-refractivity contribution is 0.0691. The number of ether oxygens (including phenoxy) is 1. The van der Waals surface area contributed by atoms with E-state index in [0.717, 1.165) is 32.5 Å². The molecule has 21 heavy (non-hydrogen) atoms. The zero-order valence-corrected chi connectivity index (χ0v) is 12.2. The van der Waals surface area contributed by atoms with Gasteiger partial charge < -0.3 is 14.9 Å². The largest absolute Gasteiger partial charge is 0.491 e. The van der Waals surface area contributed by atoms with Gasteiger partial charge in [0.1, 0.15) is 17.9 Å². The molecule has 0 radical (unpaired) electrons. The van der Waals surface area contributed by atoms with E-state index in [4.69, 9.17) is 14.9 Å². The number of carbonyl (C=O) groups is 1. The van der Waals surface area contributed by atoms with Crippen LogP contribution in [0.5, 0.6) is 5.75 Å². The molecule has 0 bridgehead atoms. The second-order valence-electron chi connectivity index (χ2n) is 5.47. The van der Waals surface area contributed by atoms with Crippen molar-refractivity contribution in [1.82, 2.24) is 4.90 Å². The smallest absolute Gasteiger partial charge is 0.339 e. The molecule has 5 nitrogen and oxygen atoms in total. The number of aromatic carboxylic acids is 1. The number of para-hydroxylation sites is 1. The van der Waals surface area contributed by atoms with E-state index in [1.54, 1.807) is 24.3 Å². The second-order valence-corrected chi connectivity index (χ2v) is 5.47. The minimum absolute atomic E-state index is 0.203. The van der Waals surface area contributed by atoms with Crippen LogP contribution in [0.15, 0.2) is 24.3 Å². The molecule has 1 aliphatic heterocycles. The Bertz CT molecular complexity index is 461. The first-order valence-corrected chi connectivity index (χ1v) is 7.49. The summed E-state index contributed by atoms with van der Waals surface area (Å²) in [7, 11) is 0. The maximum Gasteiger partial charge on any atom is 0.339 e. The molecule has 1 unspecified atom stereocenters. The topological polar surface area (TPSA) is 70.0 Å². The zero-order valence-electron chi connectivity index (χ0n) is 12.2. The number of carboxylic acids is 1. The molecule has 1 aliphatic rings. The molecule has 0 saturated carbocycles. The molecule has 116 valence electrons. The number of hydrogen-bond acceptors (Lipinski definition) is 4. The number of benzene rings is 1. The van der Waals surface area contributed by atoms with Crippen LogP contribution in [0.25, 0.3) is 0 Å². The van der Waals surface area contributed by atoms with Gasteiger partial charge in [-0.2, -0.15) is 0 Å². The van der Waals surface area contributed by atoms with Crippen molar-refractivity contribution in [3.8, 4) is 5.75 Å². The fraction of sp³-hybridized carbons (Fsp3) is 0.562. The van der Waals surface area contributed by atoms with Crippen LogP contribution in [0.3, 0.4) is 0 Å². The van der Waals surface area contributed by atoms with E-state index in [2.05, 4.69) is 4.90 Å². The van der Waals surface area contributed by atoms with Crippen molar-refractivity contribution in [3.05, 3.63) is 29.8 Å². The maximum absolute atomic E-state index is 11.1. The third-order valence-electron chi connectivity index (χ3n) is 3.92. The highest BCUT2D eigenvalue weighted by Gasteiger charge is 2.19. The van der Waals surface area contributed by atoms with Crippen LogP contribution < -0.4 is 4.74 Å². The van der Waals surface area contributed by atoms with Gasteiger partial charge in [-0.05, 0) is 43.9 Å². The number of aliphatic hydroxyl groups is 1. The summed E-state index contributed by atoms with van der Waals surface area (Å²) < 4.78 is 5.62. The number of aliphatic hydroxyl groups excluding tert-OH is 1. The second kappa shape index (κ2) is 8.00. The van der Waals surface area contributed by atoms with Gasteiger partial charge in [-0.1, -0.05) is 12.1 Å². The first-order chi connectivity index (χ1) is 10.2. The first-order valence-electron chi connectivity index (χ1n) is 7.49. The highest BCUT2D eigenvalue weighted by molar-refractivity contribution is 5.90. The van der Waals surface area contributed by atoms with Gasteiger partial charge in [0.2, 0.25) is 0 Å². The van der Waals surface area contributed by atoms with Crippen LogP contribution >= 0.6 is 0 Å². The van der Waals surface area contributed by atoms with Gasteiger partial charge in [-0.3, -0.25) is 4.90 Å².